The zero-order valence-electron chi connectivity index (χ0n) is 12.4. The molecule has 0 saturated heterocycles. The second-order valence-corrected chi connectivity index (χ2v) is 5.19. The standard InChI is InChI=1S/C20H10F2N2/c21-19-10-18(16-7-3-14(12-24)4-8-16)20(22)9-17(19)15-5-1-13(11-23)2-6-15/h1-10H. The first-order chi connectivity index (χ1) is 11.6. The van der Waals surface area contributed by atoms with Gasteiger partial charge in [-0.05, 0) is 47.5 Å². The van der Waals surface area contributed by atoms with E-state index in [1.807, 2.05) is 12.1 Å². The predicted molar refractivity (Wildman–Crippen MR) is 86.7 cm³/mol. The summed E-state index contributed by atoms with van der Waals surface area (Å²) in [7, 11) is 0. The van der Waals surface area contributed by atoms with E-state index < -0.39 is 11.6 Å². The van der Waals surface area contributed by atoms with Gasteiger partial charge in [-0.25, -0.2) is 8.78 Å². The fraction of sp³-hybridized carbons (Fsp3) is 0. The van der Waals surface area contributed by atoms with Crippen LogP contribution >= 0.6 is 0 Å². The molecule has 0 amide bonds. The molecule has 0 aromatic heterocycles. The van der Waals surface area contributed by atoms with Gasteiger partial charge in [-0.3, -0.25) is 0 Å². The number of hydrogen-bond donors (Lipinski definition) is 0. The summed E-state index contributed by atoms with van der Waals surface area (Å²) in [6, 6.07) is 18.8. The van der Waals surface area contributed by atoms with Gasteiger partial charge in [0.05, 0.1) is 23.3 Å². The Kier molecular flexibility index (Phi) is 4.05. The van der Waals surface area contributed by atoms with Gasteiger partial charge in [0.15, 0.2) is 0 Å². The first kappa shape index (κ1) is 15.4. The SMILES string of the molecule is N#Cc1ccc(-c2cc(F)c(-c3ccc(C#N)cc3)cc2F)cc1. The summed E-state index contributed by atoms with van der Waals surface area (Å²) in [6.07, 6.45) is 0. The summed E-state index contributed by atoms with van der Waals surface area (Å²) in [5.41, 5.74) is 2.17. The van der Waals surface area contributed by atoms with Crippen LogP contribution in [0.2, 0.25) is 0 Å². The third-order valence-electron chi connectivity index (χ3n) is 3.71. The van der Waals surface area contributed by atoms with Gasteiger partial charge < -0.3 is 0 Å². The van der Waals surface area contributed by atoms with Crippen LogP contribution in [0.1, 0.15) is 11.1 Å². The molecule has 0 fully saturated rings. The molecule has 24 heavy (non-hydrogen) atoms. The first-order valence-corrected chi connectivity index (χ1v) is 7.12. The van der Waals surface area contributed by atoms with E-state index in [0.717, 1.165) is 12.1 Å². The van der Waals surface area contributed by atoms with Gasteiger partial charge in [0.1, 0.15) is 11.6 Å². The molecule has 0 aliphatic carbocycles. The third kappa shape index (κ3) is 2.86. The van der Waals surface area contributed by atoms with Crippen LogP contribution in [0.4, 0.5) is 8.78 Å². The maximum absolute atomic E-state index is 14.4. The average molecular weight is 316 g/mol. The molecular weight excluding hydrogens is 306 g/mol. The number of halogens is 2. The Hall–Kier alpha value is -3.50. The van der Waals surface area contributed by atoms with Gasteiger partial charge >= 0.3 is 0 Å². The Morgan fingerprint density at radius 1 is 0.583 bits per heavy atom. The van der Waals surface area contributed by atoms with Crippen molar-refractivity contribution in [2.75, 3.05) is 0 Å². The molecule has 2 nitrogen and oxygen atoms in total. The molecule has 0 aliphatic heterocycles. The molecule has 0 spiro atoms. The minimum atomic E-state index is -0.555. The van der Waals surface area contributed by atoms with E-state index in [2.05, 4.69) is 0 Å². The highest BCUT2D eigenvalue weighted by Gasteiger charge is 2.13. The van der Waals surface area contributed by atoms with Crippen molar-refractivity contribution in [2.45, 2.75) is 0 Å². The van der Waals surface area contributed by atoms with Crippen molar-refractivity contribution in [1.82, 2.24) is 0 Å². The fourth-order valence-corrected chi connectivity index (χ4v) is 2.44. The number of nitriles is 2. The number of hydrogen-bond acceptors (Lipinski definition) is 2. The third-order valence-corrected chi connectivity index (χ3v) is 3.71. The maximum atomic E-state index is 14.4. The molecule has 0 unspecified atom stereocenters. The highest BCUT2D eigenvalue weighted by atomic mass is 19.1. The fourth-order valence-electron chi connectivity index (χ4n) is 2.44. The van der Waals surface area contributed by atoms with Crippen molar-refractivity contribution >= 4 is 0 Å². The summed E-state index contributed by atoms with van der Waals surface area (Å²) >= 11 is 0. The summed E-state index contributed by atoms with van der Waals surface area (Å²) in [5, 5.41) is 17.6. The van der Waals surface area contributed by atoms with Crippen LogP contribution in [0.5, 0.6) is 0 Å². The summed E-state index contributed by atoms with van der Waals surface area (Å²) in [5.74, 6) is -1.11. The van der Waals surface area contributed by atoms with Crippen LogP contribution in [-0.4, -0.2) is 0 Å². The second kappa shape index (κ2) is 6.32. The smallest absolute Gasteiger partial charge is 0.131 e. The molecule has 3 aromatic carbocycles. The van der Waals surface area contributed by atoms with Crippen molar-refractivity contribution < 1.29 is 8.78 Å². The van der Waals surface area contributed by atoms with Crippen LogP contribution in [0, 0.1) is 34.3 Å². The molecule has 0 aliphatic rings. The highest BCUT2D eigenvalue weighted by molar-refractivity contribution is 5.72. The Balaban J connectivity index is 2.04. The molecular formula is C20H10F2N2. The number of rotatable bonds is 2. The van der Waals surface area contributed by atoms with Gasteiger partial charge in [-0.2, -0.15) is 10.5 Å². The lowest BCUT2D eigenvalue weighted by molar-refractivity contribution is 0.606. The van der Waals surface area contributed by atoms with E-state index >= 15 is 0 Å². The molecule has 0 heterocycles. The van der Waals surface area contributed by atoms with Crippen LogP contribution in [-0.2, 0) is 0 Å². The number of benzene rings is 3. The summed E-state index contributed by atoms with van der Waals surface area (Å²) in [6.45, 7) is 0. The molecule has 0 radical (unpaired) electrons. The first-order valence-electron chi connectivity index (χ1n) is 7.12. The minimum Gasteiger partial charge on any atom is -0.206 e. The average Bonchev–Trinajstić information content (AvgIpc) is 2.63. The molecule has 3 aromatic rings. The zero-order chi connectivity index (χ0) is 17.1. The van der Waals surface area contributed by atoms with Gasteiger partial charge in [0.25, 0.3) is 0 Å². The quantitative estimate of drug-likeness (QED) is 0.665. The topological polar surface area (TPSA) is 47.6 Å². The van der Waals surface area contributed by atoms with Crippen molar-refractivity contribution in [3.05, 3.63) is 83.4 Å². The van der Waals surface area contributed by atoms with Crippen LogP contribution in [0.15, 0.2) is 60.7 Å². The lowest BCUT2D eigenvalue weighted by Gasteiger charge is -2.09. The van der Waals surface area contributed by atoms with Crippen LogP contribution in [0.3, 0.4) is 0 Å². The molecule has 3 rings (SSSR count). The monoisotopic (exact) mass is 316 g/mol. The summed E-state index contributed by atoms with van der Waals surface area (Å²) < 4.78 is 28.9. The lowest BCUT2D eigenvalue weighted by Crippen LogP contribution is -1.92. The van der Waals surface area contributed by atoms with Crippen LogP contribution in [0.25, 0.3) is 22.3 Å². The highest BCUT2D eigenvalue weighted by Crippen LogP contribution is 2.31. The lowest BCUT2D eigenvalue weighted by atomic mass is 9.98. The van der Waals surface area contributed by atoms with Crippen molar-refractivity contribution in [3.8, 4) is 34.4 Å². The minimum absolute atomic E-state index is 0.134. The van der Waals surface area contributed by atoms with E-state index in [1.165, 1.54) is 0 Å². The van der Waals surface area contributed by atoms with Crippen molar-refractivity contribution in [3.63, 3.8) is 0 Å². The molecule has 4 heteroatoms. The predicted octanol–water partition coefficient (Wildman–Crippen LogP) is 5.04. The molecule has 0 N–H and O–H groups in total. The Morgan fingerprint density at radius 3 is 1.21 bits per heavy atom. The van der Waals surface area contributed by atoms with E-state index in [-0.39, 0.29) is 11.1 Å². The normalized spacial score (nSPS) is 10.0. The van der Waals surface area contributed by atoms with Crippen molar-refractivity contribution in [2.24, 2.45) is 0 Å². The van der Waals surface area contributed by atoms with E-state index in [0.29, 0.717) is 22.3 Å². The Labute approximate surface area is 137 Å². The molecule has 0 saturated carbocycles. The molecule has 0 atom stereocenters. The molecule has 0 bridgehead atoms. The van der Waals surface area contributed by atoms with E-state index in [4.69, 9.17) is 10.5 Å². The summed E-state index contributed by atoms with van der Waals surface area (Å²) in [4.78, 5) is 0. The van der Waals surface area contributed by atoms with Crippen LogP contribution < -0.4 is 0 Å². The van der Waals surface area contributed by atoms with Gasteiger partial charge in [0.2, 0.25) is 0 Å². The second-order valence-electron chi connectivity index (χ2n) is 5.19. The van der Waals surface area contributed by atoms with Crippen molar-refractivity contribution in [1.29, 1.82) is 10.5 Å². The van der Waals surface area contributed by atoms with E-state index in [9.17, 15) is 8.78 Å². The molecule has 114 valence electrons. The largest absolute Gasteiger partial charge is 0.206 e. The van der Waals surface area contributed by atoms with Gasteiger partial charge in [0, 0.05) is 11.1 Å². The number of nitrogens with zero attached hydrogens (tertiary/aromatic N) is 2. The van der Waals surface area contributed by atoms with Gasteiger partial charge in [-0.15, -0.1) is 0 Å². The van der Waals surface area contributed by atoms with E-state index in [1.54, 1.807) is 48.5 Å². The Morgan fingerprint density at radius 2 is 0.917 bits per heavy atom. The van der Waals surface area contributed by atoms with Gasteiger partial charge in [-0.1, -0.05) is 24.3 Å². The zero-order valence-corrected chi connectivity index (χ0v) is 12.4. The Bertz CT molecular complexity index is 893. The maximum Gasteiger partial charge on any atom is 0.131 e.